The Morgan fingerprint density at radius 3 is 2.69 bits per heavy atom. The molecule has 0 aliphatic carbocycles. The lowest BCUT2D eigenvalue weighted by molar-refractivity contribution is 0.868. The van der Waals surface area contributed by atoms with E-state index in [0.717, 1.165) is 17.0 Å². The van der Waals surface area contributed by atoms with Crippen LogP contribution in [0, 0.1) is 6.92 Å². The number of aromatic nitrogens is 2. The number of nitrogens with one attached hydrogen (secondary N) is 1. The zero-order valence-corrected chi connectivity index (χ0v) is 10.2. The maximum Gasteiger partial charge on any atom is 0.143 e. The third-order valence-corrected chi connectivity index (χ3v) is 2.85. The van der Waals surface area contributed by atoms with E-state index in [1.807, 2.05) is 6.20 Å². The van der Waals surface area contributed by atoms with E-state index in [4.69, 9.17) is 5.84 Å². The minimum Gasteiger partial charge on any atom is -0.363 e. The molecule has 0 saturated carbocycles. The van der Waals surface area contributed by atoms with Crippen LogP contribution in [0.15, 0.2) is 12.3 Å². The van der Waals surface area contributed by atoms with E-state index in [9.17, 15) is 0 Å². The molecule has 3 N–H and O–H groups in total. The second kappa shape index (κ2) is 3.79. The molecule has 0 bridgehead atoms. The average molecular weight is 218 g/mol. The second-order valence-electron chi connectivity index (χ2n) is 4.51. The molecule has 2 rings (SSSR count). The number of pyridine rings is 1. The number of hydrazine groups is 1. The van der Waals surface area contributed by atoms with Gasteiger partial charge in [-0.05, 0) is 24.5 Å². The van der Waals surface area contributed by atoms with Gasteiger partial charge in [0.05, 0.1) is 5.52 Å². The van der Waals surface area contributed by atoms with Crippen molar-refractivity contribution in [2.45, 2.75) is 26.7 Å². The fourth-order valence-corrected chi connectivity index (χ4v) is 1.97. The van der Waals surface area contributed by atoms with Crippen molar-refractivity contribution in [2.75, 3.05) is 12.1 Å². The third kappa shape index (κ3) is 1.65. The van der Waals surface area contributed by atoms with Crippen molar-refractivity contribution < 1.29 is 0 Å². The van der Waals surface area contributed by atoms with Gasteiger partial charge in [-0.15, -0.1) is 0 Å². The number of hydrogen-bond donors (Lipinski definition) is 2. The standard InChI is InChI=1S/C12H18N4/c1-7(2)9-5-11(16(4)13)15-10-6-14-8(3)12(9)10/h5-7,14H,13H2,1-4H3. The Morgan fingerprint density at radius 1 is 1.44 bits per heavy atom. The quantitative estimate of drug-likeness (QED) is 0.600. The summed E-state index contributed by atoms with van der Waals surface area (Å²) >= 11 is 0. The molecule has 0 amide bonds. The second-order valence-corrected chi connectivity index (χ2v) is 4.51. The van der Waals surface area contributed by atoms with Crippen LogP contribution in [0.3, 0.4) is 0 Å². The van der Waals surface area contributed by atoms with Crippen LogP contribution in [0.5, 0.6) is 0 Å². The Morgan fingerprint density at radius 2 is 2.12 bits per heavy atom. The number of nitrogens with zero attached hydrogens (tertiary/aromatic N) is 2. The Labute approximate surface area is 95.4 Å². The zero-order chi connectivity index (χ0) is 11.9. The molecule has 2 aromatic rings. The smallest absolute Gasteiger partial charge is 0.143 e. The van der Waals surface area contributed by atoms with Gasteiger partial charge in [-0.3, -0.25) is 5.01 Å². The first kappa shape index (κ1) is 11.0. The minimum atomic E-state index is 0.457. The fourth-order valence-electron chi connectivity index (χ4n) is 1.97. The molecular formula is C12H18N4. The van der Waals surface area contributed by atoms with E-state index in [0.29, 0.717) is 5.92 Å². The first-order valence-corrected chi connectivity index (χ1v) is 5.47. The van der Waals surface area contributed by atoms with Crippen LogP contribution in [-0.2, 0) is 0 Å². The Bertz CT molecular complexity index is 511. The predicted octanol–water partition coefficient (Wildman–Crippen LogP) is 2.30. The first-order chi connectivity index (χ1) is 7.50. The molecule has 0 aliphatic heterocycles. The highest BCUT2D eigenvalue weighted by molar-refractivity contribution is 5.87. The molecule has 0 spiro atoms. The molecule has 0 aromatic carbocycles. The van der Waals surface area contributed by atoms with Gasteiger partial charge >= 0.3 is 0 Å². The summed E-state index contributed by atoms with van der Waals surface area (Å²) in [4.78, 5) is 7.72. The first-order valence-electron chi connectivity index (χ1n) is 5.47. The van der Waals surface area contributed by atoms with Crippen molar-refractivity contribution in [1.82, 2.24) is 9.97 Å². The van der Waals surface area contributed by atoms with Crippen molar-refractivity contribution in [1.29, 1.82) is 0 Å². The molecule has 2 aromatic heterocycles. The highest BCUT2D eigenvalue weighted by Crippen LogP contribution is 2.29. The van der Waals surface area contributed by atoms with Crippen LogP contribution in [0.25, 0.3) is 10.9 Å². The van der Waals surface area contributed by atoms with Gasteiger partial charge in [-0.25, -0.2) is 10.8 Å². The number of nitrogens with two attached hydrogens (primary N) is 1. The monoisotopic (exact) mass is 218 g/mol. The van der Waals surface area contributed by atoms with Crippen molar-refractivity contribution in [3.8, 4) is 0 Å². The number of H-pyrrole nitrogens is 1. The highest BCUT2D eigenvalue weighted by atomic mass is 15.4. The van der Waals surface area contributed by atoms with Crippen LogP contribution in [0.2, 0.25) is 0 Å². The summed E-state index contributed by atoms with van der Waals surface area (Å²) < 4.78 is 0. The number of aromatic amines is 1. The Kier molecular flexibility index (Phi) is 2.59. The number of aryl methyl sites for hydroxylation is 1. The van der Waals surface area contributed by atoms with Gasteiger partial charge in [0.25, 0.3) is 0 Å². The topological polar surface area (TPSA) is 57.9 Å². The molecule has 4 nitrogen and oxygen atoms in total. The van der Waals surface area contributed by atoms with Crippen LogP contribution in [-0.4, -0.2) is 17.0 Å². The van der Waals surface area contributed by atoms with Crippen molar-refractivity contribution in [3.63, 3.8) is 0 Å². The van der Waals surface area contributed by atoms with Crippen LogP contribution in [0.1, 0.15) is 31.0 Å². The maximum absolute atomic E-state index is 5.74. The van der Waals surface area contributed by atoms with Gasteiger partial charge in [-0.1, -0.05) is 13.8 Å². The molecule has 86 valence electrons. The van der Waals surface area contributed by atoms with Gasteiger partial charge in [-0.2, -0.15) is 0 Å². The lowest BCUT2D eigenvalue weighted by Gasteiger charge is -2.15. The largest absolute Gasteiger partial charge is 0.363 e. The lowest BCUT2D eigenvalue weighted by atomic mass is 9.99. The predicted molar refractivity (Wildman–Crippen MR) is 67.5 cm³/mol. The van der Waals surface area contributed by atoms with Gasteiger partial charge in [0, 0.05) is 24.3 Å². The number of hydrogen-bond acceptors (Lipinski definition) is 3. The third-order valence-electron chi connectivity index (χ3n) is 2.85. The van der Waals surface area contributed by atoms with Gasteiger partial charge < -0.3 is 4.98 Å². The molecule has 0 saturated heterocycles. The number of anilines is 1. The molecule has 0 aliphatic rings. The van der Waals surface area contributed by atoms with E-state index in [-0.39, 0.29) is 0 Å². The summed E-state index contributed by atoms with van der Waals surface area (Å²) in [5, 5.41) is 2.77. The molecule has 0 atom stereocenters. The van der Waals surface area contributed by atoms with Crippen LogP contribution >= 0.6 is 0 Å². The summed E-state index contributed by atoms with van der Waals surface area (Å²) in [6, 6.07) is 2.06. The van der Waals surface area contributed by atoms with Gasteiger partial charge in [0.1, 0.15) is 5.82 Å². The normalized spacial score (nSPS) is 11.4. The highest BCUT2D eigenvalue weighted by Gasteiger charge is 2.13. The Balaban J connectivity index is 2.76. The molecule has 4 heteroatoms. The van der Waals surface area contributed by atoms with E-state index >= 15 is 0 Å². The fraction of sp³-hybridized carbons (Fsp3) is 0.417. The average Bonchev–Trinajstić information content (AvgIpc) is 2.59. The maximum atomic E-state index is 5.74. The summed E-state index contributed by atoms with van der Waals surface area (Å²) in [5.74, 6) is 7.00. The van der Waals surface area contributed by atoms with Crippen molar-refractivity contribution in [3.05, 3.63) is 23.5 Å². The van der Waals surface area contributed by atoms with Gasteiger partial charge in [0.15, 0.2) is 0 Å². The SMILES string of the molecule is Cc1[nH]cc2nc(N(C)N)cc(C(C)C)c12. The van der Waals surface area contributed by atoms with E-state index in [2.05, 4.69) is 36.8 Å². The molecular weight excluding hydrogens is 200 g/mol. The van der Waals surface area contributed by atoms with Crippen molar-refractivity contribution in [2.24, 2.45) is 5.84 Å². The summed E-state index contributed by atoms with van der Waals surface area (Å²) in [6.07, 6.45) is 1.93. The zero-order valence-electron chi connectivity index (χ0n) is 10.2. The summed E-state index contributed by atoms with van der Waals surface area (Å²) in [6.45, 7) is 6.44. The molecule has 2 heterocycles. The lowest BCUT2D eigenvalue weighted by Crippen LogP contribution is -2.26. The molecule has 0 unspecified atom stereocenters. The van der Waals surface area contributed by atoms with E-state index < -0.39 is 0 Å². The molecule has 16 heavy (non-hydrogen) atoms. The van der Waals surface area contributed by atoms with Crippen molar-refractivity contribution >= 4 is 16.7 Å². The number of rotatable bonds is 2. The van der Waals surface area contributed by atoms with E-state index in [1.165, 1.54) is 10.9 Å². The van der Waals surface area contributed by atoms with Gasteiger partial charge in [0.2, 0.25) is 0 Å². The molecule has 0 fully saturated rings. The summed E-state index contributed by atoms with van der Waals surface area (Å²) in [5.41, 5.74) is 3.43. The number of fused-ring (bicyclic) bond motifs is 1. The molecule has 0 radical (unpaired) electrons. The summed E-state index contributed by atoms with van der Waals surface area (Å²) in [7, 11) is 1.80. The van der Waals surface area contributed by atoms with E-state index in [1.54, 1.807) is 12.1 Å². The minimum absolute atomic E-state index is 0.457. The Hall–Kier alpha value is -1.55. The van der Waals surface area contributed by atoms with Crippen LogP contribution in [0.4, 0.5) is 5.82 Å². The van der Waals surface area contributed by atoms with Crippen LogP contribution < -0.4 is 10.9 Å².